The molecular formula is C18H23ClN4. The lowest BCUT2D eigenvalue weighted by Gasteiger charge is -2.24. The summed E-state index contributed by atoms with van der Waals surface area (Å²) in [4.78, 5) is 6.98. The second-order valence-corrected chi connectivity index (χ2v) is 4.90. The number of nitrogens with zero attached hydrogens (tertiary/aromatic N) is 2. The van der Waals surface area contributed by atoms with Crippen molar-refractivity contribution < 1.29 is 0 Å². The Bertz CT molecular complexity index is 664. The van der Waals surface area contributed by atoms with E-state index in [0.29, 0.717) is 5.56 Å². The van der Waals surface area contributed by atoms with Crippen LogP contribution >= 0.6 is 12.4 Å². The molecule has 0 amide bonds. The quantitative estimate of drug-likeness (QED) is 0.646. The number of para-hydroxylation sites is 1. The van der Waals surface area contributed by atoms with Gasteiger partial charge in [-0.3, -0.25) is 5.41 Å². The fourth-order valence-electron chi connectivity index (χ4n) is 2.36. The van der Waals surface area contributed by atoms with Gasteiger partial charge in [0.05, 0.1) is 5.69 Å². The maximum absolute atomic E-state index is 7.81. The Labute approximate surface area is 144 Å². The van der Waals surface area contributed by atoms with Crippen molar-refractivity contribution in [3.05, 3.63) is 65.7 Å². The van der Waals surface area contributed by atoms with Crippen molar-refractivity contribution in [3.8, 4) is 0 Å². The van der Waals surface area contributed by atoms with Crippen LogP contribution in [0, 0.1) is 5.41 Å². The molecule has 0 aliphatic carbocycles. The first-order chi connectivity index (χ1) is 10.7. The molecule has 0 unspecified atom stereocenters. The number of hydrogen-bond acceptors (Lipinski definition) is 2. The number of halogens is 1. The molecule has 23 heavy (non-hydrogen) atoms. The molecule has 0 bridgehead atoms. The standard InChI is InChI=1S/C18H22N4.ClH/c1-3-22(4-2)18(21-14-10-6-5-7-11-14)16-13-9-8-12-15(16)17(19)20;/h5-13H,3-4H2,1-2H3,(H3,19,20);1H. The molecule has 0 aromatic heterocycles. The third-order valence-electron chi connectivity index (χ3n) is 3.51. The Morgan fingerprint density at radius 1 is 0.957 bits per heavy atom. The predicted octanol–water partition coefficient (Wildman–Crippen LogP) is 3.81. The van der Waals surface area contributed by atoms with Gasteiger partial charge in [-0.2, -0.15) is 0 Å². The number of hydrogen-bond donors (Lipinski definition) is 2. The summed E-state index contributed by atoms with van der Waals surface area (Å²) >= 11 is 0. The lowest BCUT2D eigenvalue weighted by atomic mass is 10.0. The Hall–Kier alpha value is -2.33. The van der Waals surface area contributed by atoms with Gasteiger partial charge in [-0.15, -0.1) is 12.4 Å². The van der Waals surface area contributed by atoms with Gasteiger partial charge < -0.3 is 10.6 Å². The third kappa shape index (κ3) is 4.57. The van der Waals surface area contributed by atoms with Crippen LogP contribution in [0.15, 0.2) is 59.6 Å². The molecule has 4 nitrogen and oxygen atoms in total. The highest BCUT2D eigenvalue weighted by atomic mass is 35.5. The van der Waals surface area contributed by atoms with Gasteiger partial charge in [-0.25, -0.2) is 4.99 Å². The van der Waals surface area contributed by atoms with Gasteiger partial charge in [0.2, 0.25) is 0 Å². The summed E-state index contributed by atoms with van der Waals surface area (Å²) in [6, 6.07) is 17.5. The molecular weight excluding hydrogens is 308 g/mol. The van der Waals surface area contributed by atoms with Gasteiger partial charge in [0.15, 0.2) is 0 Å². The zero-order chi connectivity index (χ0) is 15.9. The third-order valence-corrected chi connectivity index (χ3v) is 3.51. The summed E-state index contributed by atoms with van der Waals surface area (Å²) in [5.74, 6) is 0.908. The molecule has 5 heteroatoms. The molecule has 0 heterocycles. The number of benzene rings is 2. The Balaban J connectivity index is 0.00000264. The first-order valence-electron chi connectivity index (χ1n) is 7.49. The van der Waals surface area contributed by atoms with Crippen LogP contribution in [-0.2, 0) is 0 Å². The van der Waals surface area contributed by atoms with E-state index in [4.69, 9.17) is 16.1 Å². The molecule has 0 spiro atoms. The smallest absolute Gasteiger partial charge is 0.137 e. The van der Waals surface area contributed by atoms with Gasteiger partial charge >= 0.3 is 0 Å². The summed E-state index contributed by atoms with van der Waals surface area (Å²) in [5.41, 5.74) is 8.23. The maximum Gasteiger partial charge on any atom is 0.137 e. The highest BCUT2D eigenvalue weighted by Crippen LogP contribution is 2.18. The fraction of sp³-hybridized carbons (Fsp3) is 0.222. The summed E-state index contributed by atoms with van der Waals surface area (Å²) < 4.78 is 0. The first kappa shape index (κ1) is 18.7. The summed E-state index contributed by atoms with van der Waals surface area (Å²) in [5, 5.41) is 7.81. The lowest BCUT2D eigenvalue weighted by Crippen LogP contribution is -2.33. The molecule has 0 fully saturated rings. The van der Waals surface area contributed by atoms with Crippen LogP contribution < -0.4 is 5.73 Å². The van der Waals surface area contributed by atoms with Gasteiger partial charge in [0.25, 0.3) is 0 Å². The van der Waals surface area contributed by atoms with Crippen molar-refractivity contribution in [1.29, 1.82) is 5.41 Å². The lowest BCUT2D eigenvalue weighted by molar-refractivity contribution is 0.466. The number of nitrogens with one attached hydrogen (secondary N) is 1. The van der Waals surface area contributed by atoms with Crippen molar-refractivity contribution in [2.24, 2.45) is 10.7 Å². The molecule has 0 aliphatic heterocycles. The molecule has 122 valence electrons. The van der Waals surface area contributed by atoms with Gasteiger partial charge in [0.1, 0.15) is 11.7 Å². The molecule has 3 N–H and O–H groups in total. The zero-order valence-corrected chi connectivity index (χ0v) is 14.3. The van der Waals surface area contributed by atoms with Crippen LogP contribution in [0.5, 0.6) is 0 Å². The normalized spacial score (nSPS) is 10.8. The van der Waals surface area contributed by atoms with E-state index in [1.165, 1.54) is 0 Å². The van der Waals surface area contributed by atoms with E-state index < -0.39 is 0 Å². The summed E-state index contributed by atoms with van der Waals surface area (Å²) in [7, 11) is 0. The van der Waals surface area contributed by atoms with E-state index in [1.54, 1.807) is 0 Å². The van der Waals surface area contributed by atoms with Crippen LogP contribution in [0.25, 0.3) is 0 Å². The highest BCUT2D eigenvalue weighted by Gasteiger charge is 2.15. The average Bonchev–Trinajstić information content (AvgIpc) is 2.56. The zero-order valence-electron chi connectivity index (χ0n) is 13.5. The van der Waals surface area contributed by atoms with Crippen LogP contribution in [-0.4, -0.2) is 29.7 Å². The second-order valence-electron chi connectivity index (χ2n) is 4.90. The van der Waals surface area contributed by atoms with Crippen LogP contribution in [0.1, 0.15) is 25.0 Å². The molecule has 0 radical (unpaired) electrons. The van der Waals surface area contributed by atoms with E-state index in [-0.39, 0.29) is 18.2 Å². The number of nitrogens with two attached hydrogens (primary N) is 1. The number of rotatable bonds is 5. The SMILES string of the molecule is CCN(CC)C(=Nc1ccccc1)c1ccccc1C(=N)N.Cl. The van der Waals surface area contributed by atoms with Gasteiger partial charge in [-0.05, 0) is 26.0 Å². The highest BCUT2D eigenvalue weighted by molar-refractivity contribution is 6.10. The van der Waals surface area contributed by atoms with Crippen molar-refractivity contribution >= 4 is 29.8 Å². The second kappa shape index (κ2) is 8.96. The fourth-order valence-corrected chi connectivity index (χ4v) is 2.36. The topological polar surface area (TPSA) is 65.5 Å². The Morgan fingerprint density at radius 3 is 2.00 bits per heavy atom. The average molecular weight is 331 g/mol. The molecule has 0 aliphatic rings. The van der Waals surface area contributed by atoms with E-state index in [0.717, 1.165) is 30.2 Å². The van der Waals surface area contributed by atoms with E-state index in [2.05, 4.69) is 18.7 Å². The molecule has 2 aromatic carbocycles. The molecule has 0 saturated heterocycles. The van der Waals surface area contributed by atoms with Gasteiger partial charge in [0, 0.05) is 24.2 Å². The first-order valence-corrected chi connectivity index (χ1v) is 7.49. The Morgan fingerprint density at radius 2 is 1.48 bits per heavy atom. The monoisotopic (exact) mass is 330 g/mol. The van der Waals surface area contributed by atoms with Crippen LogP contribution in [0.3, 0.4) is 0 Å². The largest absolute Gasteiger partial charge is 0.384 e. The molecule has 2 aromatic rings. The number of aliphatic imine (C=N–C) groups is 1. The molecule has 2 rings (SSSR count). The Kier molecular flexibility index (Phi) is 7.29. The van der Waals surface area contributed by atoms with Crippen molar-refractivity contribution in [2.75, 3.05) is 13.1 Å². The van der Waals surface area contributed by atoms with E-state index >= 15 is 0 Å². The summed E-state index contributed by atoms with van der Waals surface area (Å²) in [6.45, 7) is 5.88. The van der Waals surface area contributed by atoms with Gasteiger partial charge in [-0.1, -0.05) is 42.5 Å². The minimum atomic E-state index is 0. The summed E-state index contributed by atoms with van der Waals surface area (Å²) in [6.07, 6.45) is 0. The number of nitrogen functional groups attached to an aromatic ring is 1. The van der Waals surface area contributed by atoms with E-state index in [9.17, 15) is 0 Å². The van der Waals surface area contributed by atoms with Crippen molar-refractivity contribution in [2.45, 2.75) is 13.8 Å². The van der Waals surface area contributed by atoms with Crippen molar-refractivity contribution in [3.63, 3.8) is 0 Å². The van der Waals surface area contributed by atoms with Crippen molar-refractivity contribution in [1.82, 2.24) is 4.90 Å². The van der Waals surface area contributed by atoms with E-state index in [1.807, 2.05) is 54.6 Å². The predicted molar refractivity (Wildman–Crippen MR) is 100 cm³/mol. The van der Waals surface area contributed by atoms with Crippen LogP contribution in [0.2, 0.25) is 0 Å². The minimum Gasteiger partial charge on any atom is -0.384 e. The minimum absolute atomic E-state index is 0. The molecule has 0 atom stereocenters. The number of amidine groups is 2. The maximum atomic E-state index is 7.81. The van der Waals surface area contributed by atoms with Crippen LogP contribution in [0.4, 0.5) is 5.69 Å². The molecule has 0 saturated carbocycles.